The summed E-state index contributed by atoms with van der Waals surface area (Å²) in [6, 6.07) is 0. The van der Waals surface area contributed by atoms with Crippen LogP contribution in [0.5, 0.6) is 0 Å². The van der Waals surface area contributed by atoms with E-state index in [9.17, 15) is 8.42 Å². The van der Waals surface area contributed by atoms with E-state index in [-0.39, 0.29) is 0 Å². The lowest BCUT2D eigenvalue weighted by Gasteiger charge is -2.35. The molecule has 122 valence electrons. The summed E-state index contributed by atoms with van der Waals surface area (Å²) < 4.78 is 28.8. The number of alkyl halides is 1. The summed E-state index contributed by atoms with van der Waals surface area (Å²) in [4.78, 5) is 0. The first-order chi connectivity index (χ1) is 10.0. The maximum atomic E-state index is 12.7. The third-order valence-corrected chi connectivity index (χ3v) is 8.15. The van der Waals surface area contributed by atoms with E-state index >= 15 is 0 Å². The highest BCUT2D eigenvalue weighted by molar-refractivity contribution is 7.86. The summed E-state index contributed by atoms with van der Waals surface area (Å²) >= 11 is 5.92. The van der Waals surface area contributed by atoms with Crippen molar-refractivity contribution in [2.45, 2.75) is 38.5 Å². The van der Waals surface area contributed by atoms with Crippen LogP contribution >= 0.6 is 11.6 Å². The predicted molar refractivity (Wildman–Crippen MR) is 85.5 cm³/mol. The Labute approximate surface area is 134 Å². The monoisotopic (exact) mass is 334 g/mol. The molecule has 3 aliphatic rings. The minimum Gasteiger partial charge on any atom is -0.195 e. The molecule has 1 heterocycles. The van der Waals surface area contributed by atoms with Gasteiger partial charge < -0.3 is 0 Å². The molecule has 4 nitrogen and oxygen atoms in total. The van der Waals surface area contributed by atoms with Crippen LogP contribution in [0.2, 0.25) is 0 Å². The van der Waals surface area contributed by atoms with E-state index in [2.05, 4.69) is 0 Å². The zero-order chi connectivity index (χ0) is 15.0. The second-order valence-corrected chi connectivity index (χ2v) is 9.59. The van der Waals surface area contributed by atoms with Gasteiger partial charge in [-0.1, -0.05) is 6.42 Å². The summed E-state index contributed by atoms with van der Waals surface area (Å²) in [5.41, 5.74) is 0. The van der Waals surface area contributed by atoms with E-state index < -0.39 is 10.2 Å². The third-order valence-electron chi connectivity index (χ3n) is 5.80. The molecule has 3 rings (SSSR count). The molecular formula is C15H27ClN2O2S. The van der Waals surface area contributed by atoms with E-state index in [0.29, 0.717) is 37.4 Å². The lowest BCUT2D eigenvalue weighted by molar-refractivity contribution is 0.242. The van der Waals surface area contributed by atoms with Gasteiger partial charge in [-0.05, 0) is 55.8 Å². The van der Waals surface area contributed by atoms with Crippen molar-refractivity contribution in [2.75, 3.05) is 32.6 Å². The van der Waals surface area contributed by atoms with Crippen LogP contribution in [0.15, 0.2) is 0 Å². The molecule has 0 spiro atoms. The Morgan fingerprint density at radius 2 is 2.05 bits per heavy atom. The van der Waals surface area contributed by atoms with Crippen molar-refractivity contribution in [3.63, 3.8) is 0 Å². The average molecular weight is 335 g/mol. The van der Waals surface area contributed by atoms with Crippen molar-refractivity contribution >= 4 is 21.8 Å². The maximum absolute atomic E-state index is 12.7. The fourth-order valence-electron chi connectivity index (χ4n) is 4.58. The molecule has 0 aromatic heterocycles. The Bertz CT molecular complexity index is 470. The Morgan fingerprint density at radius 3 is 2.67 bits per heavy atom. The number of fused-ring (bicyclic) bond motifs is 2. The van der Waals surface area contributed by atoms with Gasteiger partial charge in [0.05, 0.1) is 0 Å². The Hall–Kier alpha value is 0.160. The number of halogens is 1. The van der Waals surface area contributed by atoms with Gasteiger partial charge >= 0.3 is 0 Å². The lowest BCUT2D eigenvalue weighted by Crippen LogP contribution is -2.48. The molecule has 2 aliphatic carbocycles. The standard InChI is InChI=1S/C15H27ClN2O2S/c1-17(11-15-8-12-4-5-14(15)7-12)21(19,20)18-6-2-3-13(9-16)10-18/h12-15H,2-11H2,1H3. The van der Waals surface area contributed by atoms with Crippen molar-refractivity contribution in [2.24, 2.45) is 23.7 Å². The molecule has 1 saturated heterocycles. The van der Waals surface area contributed by atoms with Crippen molar-refractivity contribution < 1.29 is 8.42 Å². The van der Waals surface area contributed by atoms with E-state index in [4.69, 9.17) is 11.6 Å². The summed E-state index contributed by atoms with van der Waals surface area (Å²) in [7, 11) is -1.55. The molecule has 0 amide bonds. The summed E-state index contributed by atoms with van der Waals surface area (Å²) in [6.45, 7) is 1.94. The van der Waals surface area contributed by atoms with Crippen molar-refractivity contribution in [3.8, 4) is 0 Å². The zero-order valence-corrected chi connectivity index (χ0v) is 14.5. The van der Waals surface area contributed by atoms with E-state index in [0.717, 1.165) is 24.7 Å². The van der Waals surface area contributed by atoms with Crippen LogP contribution in [0.25, 0.3) is 0 Å². The van der Waals surface area contributed by atoms with Crippen molar-refractivity contribution in [3.05, 3.63) is 0 Å². The van der Waals surface area contributed by atoms with Gasteiger partial charge in [-0.25, -0.2) is 0 Å². The molecule has 0 radical (unpaired) electrons. The number of rotatable bonds is 5. The summed E-state index contributed by atoms with van der Waals surface area (Å²) in [5.74, 6) is 3.09. The van der Waals surface area contributed by atoms with Crippen molar-refractivity contribution in [1.82, 2.24) is 8.61 Å². The molecule has 21 heavy (non-hydrogen) atoms. The van der Waals surface area contributed by atoms with Gasteiger partial charge in [-0.2, -0.15) is 17.0 Å². The molecule has 0 aromatic carbocycles. The molecular weight excluding hydrogens is 308 g/mol. The molecule has 6 heteroatoms. The molecule has 2 saturated carbocycles. The van der Waals surface area contributed by atoms with E-state index in [1.807, 2.05) is 0 Å². The first-order valence-electron chi connectivity index (χ1n) is 8.28. The molecule has 1 aliphatic heterocycles. The van der Waals surface area contributed by atoms with Crippen LogP contribution in [-0.2, 0) is 10.2 Å². The maximum Gasteiger partial charge on any atom is 0.281 e. The van der Waals surface area contributed by atoms with Crippen LogP contribution in [-0.4, -0.2) is 49.6 Å². The minimum absolute atomic E-state index is 0.311. The largest absolute Gasteiger partial charge is 0.281 e. The van der Waals surface area contributed by atoms with Gasteiger partial charge in [0, 0.05) is 32.6 Å². The van der Waals surface area contributed by atoms with Crippen LogP contribution in [0.1, 0.15) is 38.5 Å². The zero-order valence-electron chi connectivity index (χ0n) is 12.9. The van der Waals surface area contributed by atoms with Gasteiger partial charge in [-0.3, -0.25) is 0 Å². The predicted octanol–water partition coefficient (Wildman–Crippen LogP) is 2.55. The van der Waals surface area contributed by atoms with Crippen LogP contribution < -0.4 is 0 Å². The molecule has 4 unspecified atom stereocenters. The van der Waals surface area contributed by atoms with Crippen molar-refractivity contribution in [1.29, 1.82) is 0 Å². The molecule has 0 N–H and O–H groups in total. The van der Waals surface area contributed by atoms with E-state index in [1.54, 1.807) is 15.7 Å². The number of nitrogens with zero attached hydrogens (tertiary/aromatic N) is 2. The van der Waals surface area contributed by atoms with Gasteiger partial charge in [0.2, 0.25) is 0 Å². The summed E-state index contributed by atoms with van der Waals surface area (Å²) in [6.07, 6.45) is 7.21. The third kappa shape index (κ3) is 3.26. The molecule has 2 bridgehead atoms. The first kappa shape index (κ1) is 16.0. The van der Waals surface area contributed by atoms with Gasteiger partial charge in [0.15, 0.2) is 0 Å². The smallest absolute Gasteiger partial charge is 0.195 e. The average Bonchev–Trinajstić information content (AvgIpc) is 3.09. The molecule has 3 fully saturated rings. The number of hydrogen-bond donors (Lipinski definition) is 0. The fourth-order valence-corrected chi connectivity index (χ4v) is 6.37. The normalized spacial score (nSPS) is 37.5. The molecule has 0 aromatic rings. The SMILES string of the molecule is CN(CC1CC2CCC1C2)S(=O)(=O)N1CCCC(CCl)C1. The van der Waals surface area contributed by atoms with Crippen LogP contribution in [0, 0.1) is 23.7 Å². The highest BCUT2D eigenvalue weighted by Gasteiger charge is 2.41. The lowest BCUT2D eigenvalue weighted by atomic mass is 9.89. The van der Waals surface area contributed by atoms with E-state index in [1.165, 1.54) is 25.7 Å². The molecule has 4 atom stereocenters. The summed E-state index contributed by atoms with van der Waals surface area (Å²) in [5, 5.41) is 0. The second-order valence-electron chi connectivity index (χ2n) is 7.24. The second kappa shape index (κ2) is 6.34. The fraction of sp³-hybridized carbons (Fsp3) is 1.00. The Morgan fingerprint density at radius 1 is 1.24 bits per heavy atom. The minimum atomic E-state index is -3.30. The Balaban J connectivity index is 1.61. The van der Waals surface area contributed by atoms with Gasteiger partial charge in [0.1, 0.15) is 0 Å². The van der Waals surface area contributed by atoms with Crippen LogP contribution in [0.3, 0.4) is 0 Å². The highest BCUT2D eigenvalue weighted by atomic mass is 35.5. The van der Waals surface area contributed by atoms with Crippen LogP contribution in [0.4, 0.5) is 0 Å². The Kier molecular flexibility index (Phi) is 4.84. The topological polar surface area (TPSA) is 40.6 Å². The first-order valence-corrected chi connectivity index (χ1v) is 10.2. The number of piperidine rings is 1. The quantitative estimate of drug-likeness (QED) is 0.725. The van der Waals surface area contributed by atoms with Gasteiger partial charge in [0.25, 0.3) is 10.2 Å². The number of hydrogen-bond acceptors (Lipinski definition) is 2. The van der Waals surface area contributed by atoms with Gasteiger partial charge in [-0.15, -0.1) is 11.6 Å². The highest BCUT2D eigenvalue weighted by Crippen LogP contribution is 2.48.